The van der Waals surface area contributed by atoms with E-state index in [1.165, 1.54) is 0 Å². The lowest BCUT2D eigenvalue weighted by atomic mass is 10.2. The number of nitrogens with zero attached hydrogens (tertiary/aromatic N) is 2. The third kappa shape index (κ3) is 2.81. The number of halogens is 1. The molecule has 0 saturated carbocycles. The van der Waals surface area contributed by atoms with Crippen LogP contribution in [0.25, 0.3) is 0 Å². The summed E-state index contributed by atoms with van der Waals surface area (Å²) in [6, 6.07) is 8.08. The van der Waals surface area contributed by atoms with Gasteiger partial charge in [0.1, 0.15) is 5.82 Å². The Labute approximate surface area is 121 Å². The van der Waals surface area contributed by atoms with Crippen molar-refractivity contribution in [1.82, 2.24) is 4.98 Å². The smallest absolute Gasteiger partial charge is 0.145 e. The molecule has 2 rings (SSSR count). The molecule has 0 spiro atoms. The van der Waals surface area contributed by atoms with Gasteiger partial charge in [-0.3, -0.25) is 0 Å². The lowest BCUT2D eigenvalue weighted by Gasteiger charge is -2.19. The Kier molecular flexibility index (Phi) is 3.95. The number of rotatable bonds is 3. The highest BCUT2D eigenvalue weighted by molar-refractivity contribution is 9.10. The zero-order valence-electron chi connectivity index (χ0n) is 11.2. The first-order valence-electron chi connectivity index (χ1n) is 5.94. The van der Waals surface area contributed by atoms with Crippen LogP contribution in [0, 0.1) is 6.92 Å². The molecule has 0 aliphatic heterocycles. The normalized spacial score (nSPS) is 10.3. The van der Waals surface area contributed by atoms with Crippen LogP contribution in [0.2, 0.25) is 0 Å². The van der Waals surface area contributed by atoms with Gasteiger partial charge in [0.05, 0.1) is 27.7 Å². The highest BCUT2D eigenvalue weighted by atomic mass is 79.9. The molecule has 0 aliphatic carbocycles. The van der Waals surface area contributed by atoms with Crippen molar-refractivity contribution in [3.63, 3.8) is 0 Å². The summed E-state index contributed by atoms with van der Waals surface area (Å²) in [6.45, 7) is 1.96. The molecule has 0 atom stereocenters. The lowest BCUT2D eigenvalue weighted by Crippen LogP contribution is -2.11. The van der Waals surface area contributed by atoms with Crippen molar-refractivity contribution in [3.8, 4) is 0 Å². The lowest BCUT2D eigenvalue weighted by molar-refractivity contribution is 1.13. The summed E-state index contributed by atoms with van der Waals surface area (Å²) in [7, 11) is 4.02. The number of nitrogen functional groups attached to an aromatic ring is 1. The van der Waals surface area contributed by atoms with Gasteiger partial charge >= 0.3 is 0 Å². The molecule has 5 heteroatoms. The Hall–Kier alpha value is -1.75. The van der Waals surface area contributed by atoms with Crippen molar-refractivity contribution < 1.29 is 0 Å². The van der Waals surface area contributed by atoms with Crippen molar-refractivity contribution in [2.24, 2.45) is 0 Å². The summed E-state index contributed by atoms with van der Waals surface area (Å²) in [5, 5.41) is 3.33. The number of hydrogen-bond acceptors (Lipinski definition) is 4. The van der Waals surface area contributed by atoms with E-state index in [0.717, 1.165) is 27.2 Å². The summed E-state index contributed by atoms with van der Waals surface area (Å²) in [5.41, 5.74) is 9.60. The summed E-state index contributed by atoms with van der Waals surface area (Å²) < 4.78 is 0.890. The van der Waals surface area contributed by atoms with E-state index in [2.05, 4.69) is 37.2 Å². The van der Waals surface area contributed by atoms with E-state index in [1.807, 2.05) is 39.2 Å². The molecule has 1 heterocycles. The molecular weight excluding hydrogens is 304 g/mol. The van der Waals surface area contributed by atoms with E-state index in [9.17, 15) is 0 Å². The summed E-state index contributed by atoms with van der Waals surface area (Å²) in [4.78, 5) is 6.39. The van der Waals surface area contributed by atoms with Crippen LogP contribution >= 0.6 is 15.9 Å². The van der Waals surface area contributed by atoms with Gasteiger partial charge in [0.25, 0.3) is 0 Å². The highest BCUT2D eigenvalue weighted by Gasteiger charge is 2.10. The van der Waals surface area contributed by atoms with Gasteiger partial charge < -0.3 is 16.0 Å². The Balaban J connectivity index is 2.40. The molecule has 0 amide bonds. The maximum Gasteiger partial charge on any atom is 0.145 e. The monoisotopic (exact) mass is 320 g/mol. The summed E-state index contributed by atoms with van der Waals surface area (Å²) in [5.74, 6) is 0.765. The van der Waals surface area contributed by atoms with Crippen LogP contribution in [0.4, 0.5) is 22.9 Å². The zero-order chi connectivity index (χ0) is 14.0. The molecule has 2 aromatic rings. The molecule has 19 heavy (non-hydrogen) atoms. The number of aromatic nitrogens is 1. The van der Waals surface area contributed by atoms with Gasteiger partial charge in [-0.05, 0) is 40.5 Å². The van der Waals surface area contributed by atoms with Gasteiger partial charge in [-0.1, -0.05) is 12.1 Å². The van der Waals surface area contributed by atoms with Crippen molar-refractivity contribution >= 4 is 38.8 Å². The molecule has 1 aromatic carbocycles. The van der Waals surface area contributed by atoms with Crippen molar-refractivity contribution in [1.29, 1.82) is 0 Å². The van der Waals surface area contributed by atoms with Gasteiger partial charge in [0, 0.05) is 14.1 Å². The van der Waals surface area contributed by atoms with Gasteiger partial charge in [-0.2, -0.15) is 0 Å². The second kappa shape index (κ2) is 5.48. The number of benzene rings is 1. The standard InChI is InChI=1S/C14H17BrN4/c1-9-10(16)8-17-14(13(9)15)18-11-6-4-5-7-12(11)19(2)3/h4-8H,16H2,1-3H3,(H,17,18). The molecule has 1 aromatic heterocycles. The van der Waals surface area contributed by atoms with Crippen LogP contribution in [0.3, 0.4) is 0 Å². The third-order valence-electron chi connectivity index (χ3n) is 2.94. The fourth-order valence-corrected chi connectivity index (χ4v) is 2.21. The van der Waals surface area contributed by atoms with Gasteiger partial charge in [0.15, 0.2) is 0 Å². The molecule has 4 nitrogen and oxygen atoms in total. The minimum absolute atomic E-state index is 0.679. The Bertz CT molecular complexity index is 596. The van der Waals surface area contributed by atoms with E-state index in [1.54, 1.807) is 6.20 Å². The highest BCUT2D eigenvalue weighted by Crippen LogP contribution is 2.32. The average Bonchev–Trinajstić information content (AvgIpc) is 2.40. The Morgan fingerprint density at radius 1 is 1.26 bits per heavy atom. The Morgan fingerprint density at radius 2 is 1.95 bits per heavy atom. The van der Waals surface area contributed by atoms with Gasteiger partial charge in [0.2, 0.25) is 0 Å². The molecule has 0 unspecified atom stereocenters. The number of anilines is 4. The molecule has 3 N–H and O–H groups in total. The Morgan fingerprint density at radius 3 is 2.63 bits per heavy atom. The third-order valence-corrected chi connectivity index (χ3v) is 3.91. The topological polar surface area (TPSA) is 54.2 Å². The maximum absolute atomic E-state index is 5.83. The van der Waals surface area contributed by atoms with E-state index in [4.69, 9.17) is 5.73 Å². The number of nitrogens with two attached hydrogens (primary N) is 1. The van der Waals surface area contributed by atoms with Gasteiger partial charge in [-0.25, -0.2) is 4.98 Å². The number of pyridine rings is 1. The van der Waals surface area contributed by atoms with E-state index >= 15 is 0 Å². The second-order valence-corrected chi connectivity index (χ2v) is 5.33. The van der Waals surface area contributed by atoms with Gasteiger partial charge in [-0.15, -0.1) is 0 Å². The minimum atomic E-state index is 0.679. The van der Waals surface area contributed by atoms with E-state index < -0.39 is 0 Å². The number of nitrogens with one attached hydrogen (secondary N) is 1. The first kappa shape index (κ1) is 13.7. The minimum Gasteiger partial charge on any atom is -0.397 e. The fraction of sp³-hybridized carbons (Fsp3) is 0.214. The van der Waals surface area contributed by atoms with Crippen LogP contribution in [0.15, 0.2) is 34.9 Å². The first-order valence-corrected chi connectivity index (χ1v) is 6.74. The number of para-hydroxylation sites is 2. The quantitative estimate of drug-likeness (QED) is 0.908. The van der Waals surface area contributed by atoms with Crippen LogP contribution < -0.4 is 16.0 Å². The van der Waals surface area contributed by atoms with Crippen LogP contribution in [-0.2, 0) is 0 Å². The van der Waals surface area contributed by atoms with Crippen molar-refractivity contribution in [3.05, 3.63) is 40.5 Å². The molecule has 100 valence electrons. The largest absolute Gasteiger partial charge is 0.397 e. The molecule has 0 saturated heterocycles. The predicted octanol–water partition coefficient (Wildman–Crippen LogP) is 3.54. The number of hydrogen-bond donors (Lipinski definition) is 2. The molecular formula is C14H17BrN4. The van der Waals surface area contributed by atoms with Crippen molar-refractivity contribution in [2.45, 2.75) is 6.92 Å². The van der Waals surface area contributed by atoms with Crippen LogP contribution in [0.5, 0.6) is 0 Å². The predicted molar refractivity (Wildman–Crippen MR) is 85.1 cm³/mol. The van der Waals surface area contributed by atoms with Crippen LogP contribution in [-0.4, -0.2) is 19.1 Å². The van der Waals surface area contributed by atoms with E-state index in [-0.39, 0.29) is 0 Å². The SMILES string of the molecule is Cc1c(N)cnc(Nc2ccccc2N(C)C)c1Br. The maximum atomic E-state index is 5.83. The zero-order valence-corrected chi connectivity index (χ0v) is 12.8. The second-order valence-electron chi connectivity index (χ2n) is 4.54. The fourth-order valence-electron chi connectivity index (χ4n) is 1.78. The molecule has 0 aliphatic rings. The first-order chi connectivity index (χ1) is 9.00. The summed E-state index contributed by atoms with van der Waals surface area (Å²) in [6.07, 6.45) is 1.67. The van der Waals surface area contributed by atoms with Crippen molar-refractivity contribution in [2.75, 3.05) is 30.0 Å². The molecule has 0 bridgehead atoms. The van der Waals surface area contributed by atoms with Crippen LogP contribution in [0.1, 0.15) is 5.56 Å². The summed E-state index contributed by atoms with van der Waals surface area (Å²) >= 11 is 3.53. The molecule has 0 fully saturated rings. The average molecular weight is 321 g/mol. The molecule has 0 radical (unpaired) electrons. The van der Waals surface area contributed by atoms with E-state index in [0.29, 0.717) is 5.69 Å².